The van der Waals surface area contributed by atoms with Gasteiger partial charge in [-0.25, -0.2) is 4.39 Å². The van der Waals surface area contributed by atoms with Gasteiger partial charge in [-0.1, -0.05) is 17.7 Å². The Morgan fingerprint density at radius 1 is 1.15 bits per heavy atom. The van der Waals surface area contributed by atoms with E-state index >= 15 is 0 Å². The first-order valence-corrected chi connectivity index (χ1v) is 9.17. The highest BCUT2D eigenvalue weighted by molar-refractivity contribution is 6.33. The summed E-state index contributed by atoms with van der Waals surface area (Å²) in [5.41, 5.74) is 5.22. The van der Waals surface area contributed by atoms with Crippen molar-refractivity contribution < 1.29 is 18.7 Å². The van der Waals surface area contributed by atoms with Crippen molar-refractivity contribution in [1.29, 1.82) is 0 Å². The van der Waals surface area contributed by atoms with E-state index in [1.807, 2.05) is 0 Å². The fourth-order valence-electron chi connectivity index (χ4n) is 3.58. The van der Waals surface area contributed by atoms with Crippen LogP contribution in [0.5, 0.6) is 0 Å². The molecule has 2 fully saturated rings. The SMILES string of the molecule is NCC1(C(=O)N2CCN(C(=O)c3c(F)cccc3Cl)CC2)CCOCC1. The third-order valence-corrected chi connectivity index (χ3v) is 5.64. The van der Waals surface area contributed by atoms with Crippen molar-refractivity contribution in [3.05, 3.63) is 34.6 Å². The third kappa shape index (κ3) is 3.56. The molecule has 0 aliphatic carbocycles. The number of halogens is 2. The smallest absolute Gasteiger partial charge is 0.258 e. The second-order valence-corrected chi connectivity index (χ2v) is 7.19. The number of benzene rings is 1. The first kappa shape index (κ1) is 19.1. The number of hydrogen-bond donors (Lipinski definition) is 1. The van der Waals surface area contributed by atoms with E-state index < -0.39 is 17.1 Å². The average Bonchev–Trinajstić information content (AvgIpc) is 2.68. The Morgan fingerprint density at radius 3 is 2.35 bits per heavy atom. The van der Waals surface area contributed by atoms with Crippen LogP contribution in [0.15, 0.2) is 18.2 Å². The topological polar surface area (TPSA) is 75.9 Å². The second-order valence-electron chi connectivity index (χ2n) is 6.78. The molecule has 0 radical (unpaired) electrons. The number of ether oxygens (including phenoxy) is 1. The molecule has 2 heterocycles. The molecule has 0 spiro atoms. The van der Waals surface area contributed by atoms with Gasteiger partial charge in [0.25, 0.3) is 5.91 Å². The molecule has 8 heteroatoms. The molecule has 1 aromatic carbocycles. The third-order valence-electron chi connectivity index (χ3n) is 5.33. The van der Waals surface area contributed by atoms with Gasteiger partial charge in [0.1, 0.15) is 5.82 Å². The van der Waals surface area contributed by atoms with Gasteiger partial charge >= 0.3 is 0 Å². The predicted octanol–water partition coefficient (Wildman–Crippen LogP) is 1.52. The number of carbonyl (C=O) groups is 2. The van der Waals surface area contributed by atoms with E-state index in [0.717, 1.165) is 0 Å². The number of amides is 2. The molecule has 6 nitrogen and oxygen atoms in total. The molecule has 0 bridgehead atoms. The van der Waals surface area contributed by atoms with Gasteiger partial charge in [0.15, 0.2) is 0 Å². The molecule has 0 unspecified atom stereocenters. The van der Waals surface area contributed by atoms with Gasteiger partial charge in [-0.3, -0.25) is 9.59 Å². The Bertz CT molecular complexity index is 666. The highest BCUT2D eigenvalue weighted by Crippen LogP contribution is 2.32. The van der Waals surface area contributed by atoms with E-state index in [0.29, 0.717) is 58.8 Å². The molecule has 0 aromatic heterocycles. The minimum atomic E-state index is -0.634. The molecule has 2 amide bonds. The van der Waals surface area contributed by atoms with Crippen LogP contribution in [0.2, 0.25) is 5.02 Å². The Hall–Kier alpha value is -1.70. The van der Waals surface area contributed by atoms with Crippen LogP contribution in [0.1, 0.15) is 23.2 Å². The van der Waals surface area contributed by atoms with Gasteiger partial charge in [0, 0.05) is 45.9 Å². The van der Waals surface area contributed by atoms with Gasteiger partial charge in [-0.2, -0.15) is 0 Å². The maximum absolute atomic E-state index is 14.0. The molecule has 0 atom stereocenters. The van der Waals surface area contributed by atoms with Crippen LogP contribution in [0, 0.1) is 11.2 Å². The zero-order valence-corrected chi connectivity index (χ0v) is 15.3. The summed E-state index contributed by atoms with van der Waals surface area (Å²) in [6, 6.07) is 4.17. The first-order chi connectivity index (χ1) is 12.5. The quantitative estimate of drug-likeness (QED) is 0.858. The van der Waals surface area contributed by atoms with E-state index in [2.05, 4.69) is 0 Å². The van der Waals surface area contributed by atoms with Gasteiger partial charge in [0.05, 0.1) is 16.0 Å². The maximum atomic E-state index is 14.0. The maximum Gasteiger partial charge on any atom is 0.258 e. The highest BCUT2D eigenvalue weighted by Gasteiger charge is 2.42. The minimum Gasteiger partial charge on any atom is -0.381 e. The Kier molecular flexibility index (Phi) is 5.79. The Morgan fingerprint density at radius 2 is 1.77 bits per heavy atom. The summed E-state index contributed by atoms with van der Waals surface area (Å²) in [6.45, 7) is 2.84. The largest absolute Gasteiger partial charge is 0.381 e. The summed E-state index contributed by atoms with van der Waals surface area (Å²) >= 11 is 5.98. The van der Waals surface area contributed by atoms with E-state index in [4.69, 9.17) is 22.1 Å². The molecular weight excluding hydrogens is 361 g/mol. The van der Waals surface area contributed by atoms with Crippen LogP contribution in [-0.2, 0) is 9.53 Å². The second kappa shape index (κ2) is 7.90. The molecule has 0 saturated carbocycles. The number of piperazine rings is 1. The molecule has 1 aromatic rings. The summed E-state index contributed by atoms with van der Waals surface area (Å²) in [7, 11) is 0. The molecular formula is C18H23ClFN3O3. The van der Waals surface area contributed by atoms with Crippen molar-refractivity contribution in [2.75, 3.05) is 45.9 Å². The van der Waals surface area contributed by atoms with Crippen molar-refractivity contribution in [3.63, 3.8) is 0 Å². The highest BCUT2D eigenvalue weighted by atomic mass is 35.5. The van der Waals surface area contributed by atoms with Crippen LogP contribution in [-0.4, -0.2) is 67.6 Å². The van der Waals surface area contributed by atoms with Crippen molar-refractivity contribution in [3.8, 4) is 0 Å². The first-order valence-electron chi connectivity index (χ1n) is 8.79. The molecule has 26 heavy (non-hydrogen) atoms. The minimum absolute atomic E-state index is 0.0272. The normalized spacial score (nSPS) is 20.1. The average molecular weight is 384 g/mol. The monoisotopic (exact) mass is 383 g/mol. The van der Waals surface area contributed by atoms with Gasteiger partial charge in [-0.15, -0.1) is 0 Å². The van der Waals surface area contributed by atoms with Crippen LogP contribution in [0.3, 0.4) is 0 Å². The van der Waals surface area contributed by atoms with Gasteiger partial charge in [-0.05, 0) is 25.0 Å². The Balaban J connectivity index is 1.65. The lowest BCUT2D eigenvalue weighted by atomic mass is 9.78. The van der Waals surface area contributed by atoms with E-state index in [1.54, 1.807) is 4.90 Å². The predicted molar refractivity (Wildman–Crippen MR) is 95.4 cm³/mol. The molecule has 2 saturated heterocycles. The van der Waals surface area contributed by atoms with E-state index in [9.17, 15) is 14.0 Å². The van der Waals surface area contributed by atoms with Gasteiger partial charge < -0.3 is 20.3 Å². The summed E-state index contributed by atoms with van der Waals surface area (Å²) in [5.74, 6) is -1.05. The standard InChI is InChI=1S/C18H23ClFN3O3/c19-13-2-1-3-14(20)15(13)16(24)22-6-8-23(9-7-22)17(25)18(12-21)4-10-26-11-5-18/h1-3H,4-12,21H2. The lowest BCUT2D eigenvalue weighted by Gasteiger charge is -2.42. The zero-order chi connectivity index (χ0) is 18.7. The van der Waals surface area contributed by atoms with E-state index in [1.165, 1.54) is 23.1 Å². The van der Waals surface area contributed by atoms with Crippen molar-refractivity contribution in [2.24, 2.45) is 11.1 Å². The lowest BCUT2D eigenvalue weighted by Crippen LogP contribution is -2.57. The zero-order valence-electron chi connectivity index (χ0n) is 14.5. The lowest BCUT2D eigenvalue weighted by molar-refractivity contribution is -0.148. The fraction of sp³-hybridized carbons (Fsp3) is 0.556. The number of nitrogens with two attached hydrogens (primary N) is 1. The molecule has 2 aliphatic heterocycles. The molecule has 2 N–H and O–H groups in total. The number of carbonyl (C=O) groups excluding carboxylic acids is 2. The summed E-state index contributed by atoms with van der Waals surface area (Å²) in [6.07, 6.45) is 1.23. The number of hydrogen-bond acceptors (Lipinski definition) is 4. The van der Waals surface area contributed by atoms with Crippen LogP contribution in [0.25, 0.3) is 0 Å². The molecule has 142 valence electrons. The number of rotatable bonds is 3. The van der Waals surface area contributed by atoms with Crippen molar-refractivity contribution in [1.82, 2.24) is 9.80 Å². The van der Waals surface area contributed by atoms with Crippen molar-refractivity contribution >= 4 is 23.4 Å². The van der Waals surface area contributed by atoms with Crippen LogP contribution >= 0.6 is 11.6 Å². The van der Waals surface area contributed by atoms with E-state index in [-0.39, 0.29) is 16.5 Å². The number of nitrogens with zero attached hydrogens (tertiary/aromatic N) is 2. The fourth-order valence-corrected chi connectivity index (χ4v) is 3.82. The van der Waals surface area contributed by atoms with Gasteiger partial charge in [0.2, 0.25) is 5.91 Å². The summed E-state index contributed by atoms with van der Waals surface area (Å²) < 4.78 is 19.3. The summed E-state index contributed by atoms with van der Waals surface area (Å²) in [5, 5.41) is 0.0952. The van der Waals surface area contributed by atoms with Crippen LogP contribution in [0.4, 0.5) is 4.39 Å². The van der Waals surface area contributed by atoms with Crippen molar-refractivity contribution in [2.45, 2.75) is 12.8 Å². The summed E-state index contributed by atoms with van der Waals surface area (Å²) in [4.78, 5) is 28.9. The van der Waals surface area contributed by atoms with Crippen LogP contribution < -0.4 is 5.73 Å². The molecule has 3 rings (SSSR count). The Labute approximate surface area is 157 Å². The molecule has 2 aliphatic rings.